The summed E-state index contributed by atoms with van der Waals surface area (Å²) in [6, 6.07) is 5.10. The molecular formula is C24H26N8O3. The number of aryl methyl sites for hydroxylation is 1. The average Bonchev–Trinajstić information content (AvgIpc) is 3.49. The molecule has 180 valence electrons. The van der Waals surface area contributed by atoms with Crippen LogP contribution in [0.5, 0.6) is 11.5 Å². The highest BCUT2D eigenvalue weighted by molar-refractivity contribution is 5.96. The third kappa shape index (κ3) is 3.94. The minimum absolute atomic E-state index is 0.240. The van der Waals surface area contributed by atoms with Crippen LogP contribution in [-0.2, 0) is 6.54 Å². The first-order valence-electron chi connectivity index (χ1n) is 11.3. The van der Waals surface area contributed by atoms with Crippen molar-refractivity contribution in [2.24, 2.45) is 0 Å². The van der Waals surface area contributed by atoms with E-state index in [9.17, 15) is 4.79 Å². The van der Waals surface area contributed by atoms with Crippen LogP contribution in [-0.4, -0.2) is 48.9 Å². The Kier molecular flexibility index (Phi) is 5.81. The summed E-state index contributed by atoms with van der Waals surface area (Å²) in [5.74, 6) is 2.14. The van der Waals surface area contributed by atoms with Crippen molar-refractivity contribution in [3.63, 3.8) is 0 Å². The lowest BCUT2D eigenvalue weighted by molar-refractivity contribution is 0.356. The highest BCUT2D eigenvalue weighted by Crippen LogP contribution is 2.36. The van der Waals surface area contributed by atoms with E-state index in [1.165, 1.54) is 0 Å². The van der Waals surface area contributed by atoms with E-state index in [1.54, 1.807) is 49.5 Å². The Morgan fingerprint density at radius 3 is 2.49 bits per heavy atom. The first-order valence-corrected chi connectivity index (χ1v) is 11.3. The van der Waals surface area contributed by atoms with E-state index in [0.29, 0.717) is 69.4 Å². The number of aromatic amines is 2. The predicted molar refractivity (Wildman–Crippen MR) is 133 cm³/mol. The highest BCUT2D eigenvalue weighted by Gasteiger charge is 2.24. The molecule has 0 aliphatic rings. The number of H-pyrrole nitrogens is 2. The fraction of sp³-hybridized carbons (Fsp3) is 0.292. The third-order valence-electron chi connectivity index (χ3n) is 5.90. The molecule has 11 nitrogen and oxygen atoms in total. The second-order valence-corrected chi connectivity index (χ2v) is 7.97. The number of methoxy groups -OCH3 is 2. The Hall–Kier alpha value is -4.41. The van der Waals surface area contributed by atoms with Gasteiger partial charge in [0, 0.05) is 37.3 Å². The van der Waals surface area contributed by atoms with Crippen molar-refractivity contribution >= 4 is 27.8 Å². The van der Waals surface area contributed by atoms with Gasteiger partial charge in [-0.1, -0.05) is 6.92 Å². The maximum atomic E-state index is 13.4. The summed E-state index contributed by atoms with van der Waals surface area (Å²) in [6.07, 6.45) is 5.92. The number of imidazole rings is 1. The molecule has 4 aromatic heterocycles. The fourth-order valence-corrected chi connectivity index (χ4v) is 4.11. The van der Waals surface area contributed by atoms with Gasteiger partial charge >= 0.3 is 0 Å². The Balaban J connectivity index is 1.73. The summed E-state index contributed by atoms with van der Waals surface area (Å²) in [5, 5.41) is 8.20. The maximum absolute atomic E-state index is 13.4. The molecule has 0 aliphatic heterocycles. The van der Waals surface area contributed by atoms with Crippen LogP contribution in [0.2, 0.25) is 0 Å². The number of anilines is 1. The van der Waals surface area contributed by atoms with Gasteiger partial charge in [0.2, 0.25) is 0 Å². The molecule has 0 saturated carbocycles. The van der Waals surface area contributed by atoms with Crippen molar-refractivity contribution in [2.75, 3.05) is 19.5 Å². The molecule has 0 saturated heterocycles. The van der Waals surface area contributed by atoms with Crippen molar-refractivity contribution in [3.05, 3.63) is 53.0 Å². The molecule has 11 heteroatoms. The number of nitrogens with one attached hydrogen (secondary N) is 3. The van der Waals surface area contributed by atoms with E-state index in [1.807, 2.05) is 20.0 Å². The lowest BCUT2D eigenvalue weighted by atomic mass is 10.1. The zero-order chi connectivity index (χ0) is 24.5. The van der Waals surface area contributed by atoms with E-state index in [2.05, 4.69) is 25.3 Å². The molecule has 0 bridgehead atoms. The summed E-state index contributed by atoms with van der Waals surface area (Å²) >= 11 is 0. The smallest absolute Gasteiger partial charge is 0.261 e. The SMILES string of the molecule is CC[C@@H](Nc1c(-c2nc3cc(OC)c(OC)cc3[nH]2)c(=O)[nH]c2cn(CC)nc12)c1ncccn1. The molecule has 0 unspecified atom stereocenters. The minimum atomic E-state index is -0.294. The van der Waals surface area contributed by atoms with Crippen LogP contribution >= 0.6 is 0 Å². The number of fused-ring (bicyclic) bond motifs is 2. The van der Waals surface area contributed by atoms with Crippen molar-refractivity contribution in [3.8, 4) is 22.9 Å². The van der Waals surface area contributed by atoms with Gasteiger partial charge in [-0.2, -0.15) is 5.10 Å². The molecule has 0 fully saturated rings. The van der Waals surface area contributed by atoms with Crippen LogP contribution in [0.15, 0.2) is 41.6 Å². The van der Waals surface area contributed by atoms with Crippen molar-refractivity contribution < 1.29 is 9.47 Å². The van der Waals surface area contributed by atoms with Crippen LogP contribution in [0, 0.1) is 0 Å². The van der Waals surface area contributed by atoms with Crippen molar-refractivity contribution in [1.82, 2.24) is 34.7 Å². The number of ether oxygens (including phenoxy) is 2. The predicted octanol–water partition coefficient (Wildman–Crippen LogP) is 3.66. The second-order valence-electron chi connectivity index (χ2n) is 7.97. The quantitative estimate of drug-likeness (QED) is 0.310. The van der Waals surface area contributed by atoms with E-state index < -0.39 is 0 Å². The number of pyridine rings is 1. The molecule has 0 aliphatic carbocycles. The Morgan fingerprint density at radius 2 is 1.80 bits per heavy atom. The summed E-state index contributed by atoms with van der Waals surface area (Å²) in [4.78, 5) is 33.2. The molecule has 5 aromatic rings. The van der Waals surface area contributed by atoms with E-state index in [-0.39, 0.29) is 11.6 Å². The average molecular weight is 475 g/mol. The molecule has 0 radical (unpaired) electrons. The van der Waals surface area contributed by atoms with Crippen LogP contribution < -0.4 is 20.3 Å². The van der Waals surface area contributed by atoms with Gasteiger partial charge in [0.25, 0.3) is 5.56 Å². The lowest BCUT2D eigenvalue weighted by Gasteiger charge is -2.18. The molecule has 1 aromatic carbocycles. The number of hydrogen-bond acceptors (Lipinski definition) is 8. The van der Waals surface area contributed by atoms with Gasteiger partial charge in [-0.15, -0.1) is 0 Å². The lowest BCUT2D eigenvalue weighted by Crippen LogP contribution is -2.18. The standard InChI is InChI=1S/C24H26N8O3/c1-5-13(22-25-8-7-9-26-22)27-21-19(24(33)30-16-12-32(6-2)31-20(16)21)23-28-14-10-17(34-3)18(35-4)11-15(14)29-23/h7-13,27H,5-6H2,1-4H3,(H,28,29)(H,30,33)/t13-/m1/s1. The second kappa shape index (κ2) is 9.09. The molecule has 0 amide bonds. The Labute approximate surface area is 200 Å². The molecular weight excluding hydrogens is 448 g/mol. The number of aromatic nitrogens is 7. The van der Waals surface area contributed by atoms with Gasteiger partial charge in [-0.3, -0.25) is 9.48 Å². The third-order valence-corrected chi connectivity index (χ3v) is 5.90. The molecule has 0 spiro atoms. The zero-order valence-corrected chi connectivity index (χ0v) is 19.9. The van der Waals surface area contributed by atoms with Gasteiger partial charge in [0.05, 0.1) is 42.5 Å². The van der Waals surface area contributed by atoms with Gasteiger partial charge < -0.3 is 24.8 Å². The summed E-state index contributed by atoms with van der Waals surface area (Å²) in [5.41, 5.74) is 3.23. The van der Waals surface area contributed by atoms with Crippen LogP contribution in [0.4, 0.5) is 5.69 Å². The number of nitrogens with zero attached hydrogens (tertiary/aromatic N) is 5. The largest absolute Gasteiger partial charge is 0.493 e. The number of hydrogen-bond donors (Lipinski definition) is 3. The van der Waals surface area contributed by atoms with Crippen LogP contribution in [0.1, 0.15) is 32.1 Å². The van der Waals surface area contributed by atoms with Crippen LogP contribution in [0.3, 0.4) is 0 Å². The molecule has 35 heavy (non-hydrogen) atoms. The summed E-state index contributed by atoms with van der Waals surface area (Å²) in [7, 11) is 3.14. The molecule has 3 N–H and O–H groups in total. The summed E-state index contributed by atoms with van der Waals surface area (Å²) < 4.78 is 12.6. The van der Waals surface area contributed by atoms with Gasteiger partial charge in [-0.25, -0.2) is 15.0 Å². The fourth-order valence-electron chi connectivity index (χ4n) is 4.11. The number of rotatable bonds is 8. The van der Waals surface area contributed by atoms with E-state index >= 15 is 0 Å². The zero-order valence-electron chi connectivity index (χ0n) is 19.9. The molecule has 4 heterocycles. The maximum Gasteiger partial charge on any atom is 0.261 e. The monoisotopic (exact) mass is 474 g/mol. The summed E-state index contributed by atoms with van der Waals surface area (Å²) in [6.45, 7) is 4.68. The van der Waals surface area contributed by atoms with Gasteiger partial charge in [0.15, 0.2) is 11.5 Å². The minimum Gasteiger partial charge on any atom is -0.493 e. The van der Waals surface area contributed by atoms with Gasteiger partial charge in [-0.05, 0) is 19.4 Å². The number of benzene rings is 1. The molecule has 5 rings (SSSR count). The van der Waals surface area contributed by atoms with Crippen molar-refractivity contribution in [2.45, 2.75) is 32.9 Å². The Bertz CT molecular complexity index is 1510. The topological polar surface area (TPSA) is 136 Å². The molecule has 1 atom stereocenters. The van der Waals surface area contributed by atoms with Crippen LogP contribution in [0.25, 0.3) is 33.5 Å². The van der Waals surface area contributed by atoms with Gasteiger partial charge in [0.1, 0.15) is 22.7 Å². The van der Waals surface area contributed by atoms with Crippen molar-refractivity contribution in [1.29, 1.82) is 0 Å². The van der Waals surface area contributed by atoms with E-state index in [0.717, 1.165) is 0 Å². The van der Waals surface area contributed by atoms with E-state index in [4.69, 9.17) is 19.6 Å². The first kappa shape index (κ1) is 22.4. The first-order chi connectivity index (χ1) is 17.1. The highest BCUT2D eigenvalue weighted by atomic mass is 16.5. The Morgan fingerprint density at radius 1 is 1.06 bits per heavy atom. The normalized spacial score (nSPS) is 12.2.